The maximum atomic E-state index is 10.9. The van der Waals surface area contributed by atoms with Gasteiger partial charge >= 0.3 is 0 Å². The van der Waals surface area contributed by atoms with Gasteiger partial charge in [-0.2, -0.15) is 0 Å². The second-order valence-electron chi connectivity index (χ2n) is 5.54. The smallest absolute Gasteiger partial charge is 0.269 e. The molecule has 1 aliphatic carbocycles. The van der Waals surface area contributed by atoms with E-state index in [-0.39, 0.29) is 16.7 Å². The third-order valence-corrected chi connectivity index (χ3v) is 3.79. The van der Waals surface area contributed by atoms with Crippen LogP contribution in [0, 0.1) is 16.0 Å². The van der Waals surface area contributed by atoms with Crippen LogP contribution < -0.4 is 5.32 Å². The summed E-state index contributed by atoms with van der Waals surface area (Å²) in [6.45, 7) is 1.56. The second-order valence-corrected chi connectivity index (χ2v) is 5.54. The van der Waals surface area contributed by atoms with Crippen molar-refractivity contribution in [3.05, 3.63) is 33.9 Å². The number of aliphatic hydroxyl groups is 1. The minimum Gasteiger partial charge on any atom is -0.393 e. The monoisotopic (exact) mass is 279 g/mol. The molecule has 0 heterocycles. The van der Waals surface area contributed by atoms with Crippen molar-refractivity contribution in [2.75, 3.05) is 26.0 Å². The zero-order valence-electron chi connectivity index (χ0n) is 11.9. The lowest BCUT2D eigenvalue weighted by Crippen LogP contribution is -2.36. The normalized spacial score (nSPS) is 21.6. The predicted molar refractivity (Wildman–Crippen MR) is 77.7 cm³/mol. The van der Waals surface area contributed by atoms with E-state index in [0.717, 1.165) is 30.6 Å². The van der Waals surface area contributed by atoms with Gasteiger partial charge in [-0.25, -0.2) is 0 Å². The summed E-state index contributed by atoms with van der Waals surface area (Å²) in [4.78, 5) is 12.6. The van der Waals surface area contributed by atoms with Crippen molar-refractivity contribution in [1.29, 1.82) is 0 Å². The highest BCUT2D eigenvalue weighted by molar-refractivity contribution is 5.55. The summed E-state index contributed by atoms with van der Waals surface area (Å²) in [6, 6.07) is 4.88. The molecule has 0 unspecified atom stereocenters. The van der Waals surface area contributed by atoms with E-state index in [9.17, 15) is 15.2 Å². The summed E-state index contributed by atoms with van der Waals surface area (Å²) in [7, 11) is 3.82. The highest BCUT2D eigenvalue weighted by Gasteiger charge is 2.28. The number of benzene rings is 1. The van der Waals surface area contributed by atoms with Crippen LogP contribution in [0.4, 0.5) is 11.4 Å². The number of rotatable bonds is 6. The van der Waals surface area contributed by atoms with E-state index in [0.29, 0.717) is 12.5 Å². The lowest BCUT2D eigenvalue weighted by atomic mass is 9.82. The van der Waals surface area contributed by atoms with Gasteiger partial charge in [0.05, 0.1) is 11.0 Å². The molecule has 2 rings (SSSR count). The van der Waals surface area contributed by atoms with E-state index in [1.54, 1.807) is 12.1 Å². The summed E-state index contributed by atoms with van der Waals surface area (Å²) in [5.41, 5.74) is 1.95. The van der Waals surface area contributed by atoms with Crippen molar-refractivity contribution in [1.82, 2.24) is 4.90 Å². The Balaban J connectivity index is 2.02. The van der Waals surface area contributed by atoms with Gasteiger partial charge in [-0.15, -0.1) is 0 Å². The molecule has 1 fully saturated rings. The third-order valence-electron chi connectivity index (χ3n) is 3.79. The van der Waals surface area contributed by atoms with Gasteiger partial charge in [-0.05, 0) is 37.4 Å². The van der Waals surface area contributed by atoms with E-state index in [1.807, 2.05) is 14.1 Å². The minimum atomic E-state index is -0.370. The lowest BCUT2D eigenvalue weighted by molar-refractivity contribution is -0.384. The van der Waals surface area contributed by atoms with Crippen LogP contribution >= 0.6 is 0 Å². The SMILES string of the molecule is CNc1ccc([N+](=O)[O-])cc1CN(C)CC1CC(O)C1. The molecule has 1 aliphatic rings. The molecule has 110 valence electrons. The Morgan fingerprint density at radius 2 is 2.20 bits per heavy atom. The summed E-state index contributed by atoms with van der Waals surface area (Å²) in [6.07, 6.45) is 1.58. The maximum absolute atomic E-state index is 10.9. The number of aliphatic hydroxyl groups excluding tert-OH is 1. The highest BCUT2D eigenvalue weighted by Crippen LogP contribution is 2.29. The first-order valence-corrected chi connectivity index (χ1v) is 6.81. The molecule has 0 atom stereocenters. The molecule has 0 radical (unpaired) electrons. The molecule has 6 nitrogen and oxygen atoms in total. The molecule has 0 amide bonds. The van der Waals surface area contributed by atoms with Crippen molar-refractivity contribution in [2.24, 2.45) is 5.92 Å². The Bertz CT molecular complexity index is 487. The maximum Gasteiger partial charge on any atom is 0.269 e. The van der Waals surface area contributed by atoms with Gasteiger partial charge in [-0.3, -0.25) is 10.1 Å². The molecule has 0 aromatic heterocycles. The minimum absolute atomic E-state index is 0.117. The second kappa shape index (κ2) is 6.19. The predicted octanol–water partition coefficient (Wildman–Crippen LogP) is 1.84. The molecule has 1 aromatic carbocycles. The van der Waals surface area contributed by atoms with Crippen LogP contribution in [0.5, 0.6) is 0 Å². The van der Waals surface area contributed by atoms with E-state index >= 15 is 0 Å². The van der Waals surface area contributed by atoms with Gasteiger partial charge in [0.2, 0.25) is 0 Å². The number of non-ortho nitro benzene ring substituents is 1. The molecule has 1 saturated carbocycles. The first-order chi connectivity index (χ1) is 9.49. The first kappa shape index (κ1) is 14.7. The fraction of sp³-hybridized carbons (Fsp3) is 0.571. The standard InChI is InChI=1S/C14H21N3O3/c1-15-14-4-3-12(17(19)20)7-11(14)9-16(2)8-10-5-13(18)6-10/h3-4,7,10,13,15,18H,5-6,8-9H2,1-2H3. The summed E-state index contributed by atoms with van der Waals surface area (Å²) in [5.74, 6) is 0.534. The van der Waals surface area contributed by atoms with E-state index in [1.165, 1.54) is 6.07 Å². The Labute approximate surface area is 118 Å². The van der Waals surface area contributed by atoms with Crippen molar-refractivity contribution in [2.45, 2.75) is 25.5 Å². The summed E-state index contributed by atoms with van der Waals surface area (Å²) >= 11 is 0. The fourth-order valence-electron chi connectivity index (χ4n) is 2.71. The van der Waals surface area contributed by atoms with Crippen molar-refractivity contribution >= 4 is 11.4 Å². The molecule has 0 aliphatic heterocycles. The third kappa shape index (κ3) is 3.46. The Morgan fingerprint density at radius 3 is 2.75 bits per heavy atom. The molecule has 20 heavy (non-hydrogen) atoms. The van der Waals surface area contributed by atoms with Gasteiger partial charge < -0.3 is 15.3 Å². The lowest BCUT2D eigenvalue weighted by Gasteiger charge is -2.34. The number of nitro benzene ring substituents is 1. The topological polar surface area (TPSA) is 78.6 Å². The average Bonchev–Trinajstić information content (AvgIpc) is 2.36. The largest absolute Gasteiger partial charge is 0.393 e. The first-order valence-electron chi connectivity index (χ1n) is 6.81. The molecule has 6 heteroatoms. The van der Waals surface area contributed by atoms with Crippen LogP contribution in [-0.2, 0) is 6.54 Å². The summed E-state index contributed by atoms with van der Waals surface area (Å²) in [5, 5.41) is 23.2. The average molecular weight is 279 g/mol. The molecule has 0 bridgehead atoms. The van der Waals surface area contributed by atoms with Crippen LogP contribution in [0.2, 0.25) is 0 Å². The van der Waals surface area contributed by atoms with E-state index < -0.39 is 0 Å². The quantitative estimate of drug-likeness (QED) is 0.613. The van der Waals surface area contributed by atoms with Gasteiger partial charge in [-0.1, -0.05) is 0 Å². The number of hydrogen-bond donors (Lipinski definition) is 2. The number of nitrogens with one attached hydrogen (secondary N) is 1. The number of anilines is 1. The number of nitro groups is 1. The van der Waals surface area contributed by atoms with Crippen LogP contribution in [0.1, 0.15) is 18.4 Å². The van der Waals surface area contributed by atoms with E-state index in [2.05, 4.69) is 10.2 Å². The number of hydrogen-bond acceptors (Lipinski definition) is 5. The highest BCUT2D eigenvalue weighted by atomic mass is 16.6. The fourth-order valence-corrected chi connectivity index (χ4v) is 2.71. The molecule has 0 spiro atoms. The molecular weight excluding hydrogens is 258 g/mol. The van der Waals surface area contributed by atoms with Gasteiger partial charge in [0, 0.05) is 38.0 Å². The van der Waals surface area contributed by atoms with Crippen molar-refractivity contribution < 1.29 is 10.0 Å². The van der Waals surface area contributed by atoms with Gasteiger partial charge in [0.1, 0.15) is 0 Å². The Morgan fingerprint density at radius 1 is 1.50 bits per heavy atom. The zero-order chi connectivity index (χ0) is 14.7. The van der Waals surface area contributed by atoms with Gasteiger partial charge in [0.25, 0.3) is 5.69 Å². The van der Waals surface area contributed by atoms with Crippen LogP contribution in [0.3, 0.4) is 0 Å². The molecule has 2 N–H and O–H groups in total. The molecular formula is C14H21N3O3. The van der Waals surface area contributed by atoms with E-state index in [4.69, 9.17) is 0 Å². The van der Waals surface area contributed by atoms with Crippen molar-refractivity contribution in [3.63, 3.8) is 0 Å². The van der Waals surface area contributed by atoms with Crippen LogP contribution in [0.25, 0.3) is 0 Å². The summed E-state index contributed by atoms with van der Waals surface area (Å²) < 4.78 is 0. The Kier molecular flexibility index (Phi) is 4.57. The molecule has 0 saturated heterocycles. The van der Waals surface area contributed by atoms with Crippen molar-refractivity contribution in [3.8, 4) is 0 Å². The van der Waals surface area contributed by atoms with Crippen LogP contribution in [0.15, 0.2) is 18.2 Å². The molecule has 1 aromatic rings. The van der Waals surface area contributed by atoms with Crippen LogP contribution in [-0.4, -0.2) is 41.7 Å². The number of nitrogens with zero attached hydrogens (tertiary/aromatic N) is 2. The zero-order valence-corrected chi connectivity index (χ0v) is 11.9. The van der Waals surface area contributed by atoms with Gasteiger partial charge in [0.15, 0.2) is 0 Å². The Hall–Kier alpha value is -1.66.